The van der Waals surface area contributed by atoms with E-state index < -0.39 is 0 Å². The highest BCUT2D eigenvalue weighted by atomic mass is 32.1. The van der Waals surface area contributed by atoms with Gasteiger partial charge in [0.1, 0.15) is 5.69 Å². The molecule has 112 valence electrons. The molecule has 0 atom stereocenters. The van der Waals surface area contributed by atoms with Crippen molar-refractivity contribution in [2.75, 3.05) is 6.54 Å². The number of thiazole rings is 1. The predicted octanol–water partition coefficient (Wildman–Crippen LogP) is 2.90. The summed E-state index contributed by atoms with van der Waals surface area (Å²) in [4.78, 5) is 5.50. The first kappa shape index (κ1) is 14.1. The summed E-state index contributed by atoms with van der Waals surface area (Å²) < 4.78 is 9.88. The lowest BCUT2D eigenvalue weighted by Crippen LogP contribution is -2.13. The van der Waals surface area contributed by atoms with Crippen LogP contribution in [0.1, 0.15) is 26.0 Å². The molecule has 1 N–H and O–H groups in total. The molecule has 0 unspecified atom stereocenters. The fourth-order valence-electron chi connectivity index (χ4n) is 2.16. The van der Waals surface area contributed by atoms with Gasteiger partial charge in [-0.05, 0) is 13.0 Å². The number of nitrogens with one attached hydrogen (secondary N) is 1. The Bertz CT molecular complexity index is 714. The Kier molecular flexibility index (Phi) is 4.21. The summed E-state index contributed by atoms with van der Waals surface area (Å²) in [5, 5.41) is 9.64. The fourth-order valence-corrected chi connectivity index (χ4v) is 2.88. The standard InChI is InChI=1S/C14H19N5OS/c1-3-5-18-10-11(8-16-18)20-13-12(9-15-4-2)19-6-7-21-14(19)17-13/h6-8,10,15H,3-5,9H2,1-2H3. The number of hydrogen-bond donors (Lipinski definition) is 1. The molecule has 3 heterocycles. The fraction of sp³-hybridized carbons (Fsp3) is 0.429. The smallest absolute Gasteiger partial charge is 0.243 e. The minimum atomic E-state index is 0.652. The monoisotopic (exact) mass is 305 g/mol. The summed E-state index contributed by atoms with van der Waals surface area (Å²) >= 11 is 1.60. The van der Waals surface area contributed by atoms with Gasteiger partial charge in [0.15, 0.2) is 10.7 Å². The highest BCUT2D eigenvalue weighted by Crippen LogP contribution is 2.27. The van der Waals surface area contributed by atoms with Gasteiger partial charge in [0, 0.05) is 24.7 Å². The lowest BCUT2D eigenvalue weighted by atomic mass is 10.4. The third-order valence-electron chi connectivity index (χ3n) is 3.14. The van der Waals surface area contributed by atoms with Crippen molar-refractivity contribution < 1.29 is 4.74 Å². The van der Waals surface area contributed by atoms with Crippen molar-refractivity contribution in [3.63, 3.8) is 0 Å². The lowest BCUT2D eigenvalue weighted by molar-refractivity contribution is 0.454. The maximum atomic E-state index is 5.93. The Labute approximate surface area is 127 Å². The van der Waals surface area contributed by atoms with Crippen LogP contribution in [0, 0.1) is 0 Å². The Hall–Kier alpha value is -1.86. The average molecular weight is 305 g/mol. The second kappa shape index (κ2) is 6.28. The van der Waals surface area contributed by atoms with E-state index in [1.807, 2.05) is 22.5 Å². The normalized spacial score (nSPS) is 11.3. The zero-order valence-electron chi connectivity index (χ0n) is 12.2. The van der Waals surface area contributed by atoms with Crippen molar-refractivity contribution in [3.8, 4) is 11.6 Å². The Morgan fingerprint density at radius 3 is 3.10 bits per heavy atom. The van der Waals surface area contributed by atoms with Crippen molar-refractivity contribution in [1.29, 1.82) is 0 Å². The second-order valence-corrected chi connectivity index (χ2v) is 5.61. The van der Waals surface area contributed by atoms with Crippen LogP contribution < -0.4 is 10.1 Å². The topological polar surface area (TPSA) is 56.4 Å². The van der Waals surface area contributed by atoms with Crippen molar-refractivity contribution >= 4 is 16.3 Å². The summed E-state index contributed by atoms with van der Waals surface area (Å²) in [6.07, 6.45) is 6.72. The van der Waals surface area contributed by atoms with Crippen molar-refractivity contribution in [3.05, 3.63) is 29.7 Å². The summed E-state index contributed by atoms with van der Waals surface area (Å²) in [5.74, 6) is 1.38. The van der Waals surface area contributed by atoms with Gasteiger partial charge in [-0.25, -0.2) is 0 Å². The van der Waals surface area contributed by atoms with E-state index in [0.717, 1.165) is 42.5 Å². The van der Waals surface area contributed by atoms with Gasteiger partial charge in [-0.2, -0.15) is 10.1 Å². The molecule has 0 saturated carbocycles. The molecule has 0 amide bonds. The number of aryl methyl sites for hydroxylation is 1. The van der Waals surface area contributed by atoms with Gasteiger partial charge in [-0.15, -0.1) is 11.3 Å². The van der Waals surface area contributed by atoms with Gasteiger partial charge < -0.3 is 10.1 Å². The lowest BCUT2D eigenvalue weighted by Gasteiger charge is -2.04. The van der Waals surface area contributed by atoms with E-state index in [9.17, 15) is 0 Å². The number of rotatable bonds is 7. The molecular formula is C14H19N5OS. The largest absolute Gasteiger partial charge is 0.434 e. The van der Waals surface area contributed by atoms with Gasteiger partial charge in [0.2, 0.25) is 5.88 Å². The van der Waals surface area contributed by atoms with Crippen LogP contribution >= 0.6 is 11.3 Å². The van der Waals surface area contributed by atoms with Crippen LogP contribution in [0.4, 0.5) is 0 Å². The van der Waals surface area contributed by atoms with E-state index >= 15 is 0 Å². The van der Waals surface area contributed by atoms with Gasteiger partial charge in [0.05, 0.1) is 12.4 Å². The molecule has 0 radical (unpaired) electrons. The number of hydrogen-bond acceptors (Lipinski definition) is 5. The first-order chi connectivity index (χ1) is 10.3. The molecular weight excluding hydrogens is 286 g/mol. The van der Waals surface area contributed by atoms with Crippen molar-refractivity contribution in [2.24, 2.45) is 0 Å². The summed E-state index contributed by atoms with van der Waals surface area (Å²) in [5.41, 5.74) is 1.04. The number of imidazole rings is 1. The highest BCUT2D eigenvalue weighted by molar-refractivity contribution is 7.15. The molecule has 0 bridgehead atoms. The molecule has 0 aromatic carbocycles. The first-order valence-corrected chi connectivity index (χ1v) is 8.05. The highest BCUT2D eigenvalue weighted by Gasteiger charge is 2.15. The SMILES string of the molecule is CCCn1cc(Oc2nc3sccn3c2CNCC)cn1. The average Bonchev–Trinajstić information content (AvgIpc) is 3.15. The molecule has 6 nitrogen and oxygen atoms in total. The molecule has 0 aliphatic rings. The molecule has 21 heavy (non-hydrogen) atoms. The van der Waals surface area contributed by atoms with Crippen molar-refractivity contribution in [1.82, 2.24) is 24.5 Å². The van der Waals surface area contributed by atoms with Gasteiger partial charge in [0.25, 0.3) is 0 Å². The molecule has 0 aliphatic carbocycles. The number of ether oxygens (including phenoxy) is 1. The zero-order chi connectivity index (χ0) is 14.7. The van der Waals surface area contributed by atoms with E-state index in [1.165, 1.54) is 0 Å². The zero-order valence-corrected chi connectivity index (χ0v) is 13.1. The molecule has 0 saturated heterocycles. The van der Waals surface area contributed by atoms with E-state index in [0.29, 0.717) is 5.88 Å². The maximum absolute atomic E-state index is 5.93. The molecule has 0 aliphatic heterocycles. The number of aromatic nitrogens is 4. The number of fused-ring (bicyclic) bond motifs is 1. The Balaban J connectivity index is 1.85. The minimum absolute atomic E-state index is 0.652. The number of nitrogens with zero attached hydrogens (tertiary/aromatic N) is 4. The maximum Gasteiger partial charge on any atom is 0.243 e. The Morgan fingerprint density at radius 1 is 1.38 bits per heavy atom. The molecule has 7 heteroatoms. The third-order valence-corrected chi connectivity index (χ3v) is 3.90. The van der Waals surface area contributed by atoms with Gasteiger partial charge >= 0.3 is 0 Å². The summed E-state index contributed by atoms with van der Waals surface area (Å²) in [6.45, 7) is 6.74. The summed E-state index contributed by atoms with van der Waals surface area (Å²) in [7, 11) is 0. The van der Waals surface area contributed by atoms with E-state index in [1.54, 1.807) is 17.5 Å². The Morgan fingerprint density at radius 2 is 2.29 bits per heavy atom. The molecule has 0 fully saturated rings. The van der Waals surface area contributed by atoms with Crippen LogP contribution in [-0.2, 0) is 13.1 Å². The molecule has 3 aromatic heterocycles. The van der Waals surface area contributed by atoms with Crippen LogP contribution in [0.3, 0.4) is 0 Å². The first-order valence-electron chi connectivity index (χ1n) is 7.17. The van der Waals surface area contributed by atoms with Crippen LogP contribution in [0.5, 0.6) is 11.6 Å². The van der Waals surface area contributed by atoms with E-state index in [4.69, 9.17) is 4.74 Å². The predicted molar refractivity (Wildman–Crippen MR) is 83.0 cm³/mol. The van der Waals surface area contributed by atoms with Crippen LogP contribution in [-0.4, -0.2) is 25.7 Å². The molecule has 3 aromatic rings. The van der Waals surface area contributed by atoms with Crippen LogP contribution in [0.2, 0.25) is 0 Å². The van der Waals surface area contributed by atoms with Crippen molar-refractivity contribution in [2.45, 2.75) is 33.4 Å². The third kappa shape index (κ3) is 2.93. The summed E-state index contributed by atoms with van der Waals surface area (Å²) in [6, 6.07) is 0. The van der Waals surface area contributed by atoms with Gasteiger partial charge in [-0.3, -0.25) is 9.08 Å². The molecule has 0 spiro atoms. The van der Waals surface area contributed by atoms with Gasteiger partial charge in [-0.1, -0.05) is 13.8 Å². The molecule has 3 rings (SSSR count). The minimum Gasteiger partial charge on any atom is -0.434 e. The van der Waals surface area contributed by atoms with Crippen LogP contribution in [0.25, 0.3) is 4.96 Å². The second-order valence-electron chi connectivity index (χ2n) is 4.74. The quantitative estimate of drug-likeness (QED) is 0.729. The van der Waals surface area contributed by atoms with E-state index in [2.05, 4.69) is 33.6 Å². The van der Waals surface area contributed by atoms with Crippen LogP contribution in [0.15, 0.2) is 24.0 Å². The van der Waals surface area contributed by atoms with E-state index in [-0.39, 0.29) is 0 Å².